The van der Waals surface area contributed by atoms with Crippen molar-refractivity contribution in [3.63, 3.8) is 0 Å². The minimum Gasteiger partial charge on any atom is -0.379 e. The molecule has 1 aliphatic heterocycles. The van der Waals surface area contributed by atoms with E-state index in [9.17, 15) is 4.39 Å². The molecule has 100 valence electrons. The monoisotopic (exact) mass is 252 g/mol. The van der Waals surface area contributed by atoms with Crippen molar-refractivity contribution in [2.24, 2.45) is 0 Å². The van der Waals surface area contributed by atoms with Crippen LogP contribution in [0.5, 0.6) is 0 Å². The third-order valence-electron chi connectivity index (χ3n) is 3.20. The second-order valence-electron chi connectivity index (χ2n) is 4.82. The topological polar surface area (TPSA) is 24.5 Å². The largest absolute Gasteiger partial charge is 0.379 e. The molecule has 1 aromatic carbocycles. The molecular formula is C14H21FN2O. The van der Waals surface area contributed by atoms with Gasteiger partial charge in [-0.1, -0.05) is 12.1 Å². The van der Waals surface area contributed by atoms with E-state index >= 15 is 0 Å². The highest BCUT2D eigenvalue weighted by Gasteiger charge is 2.13. The van der Waals surface area contributed by atoms with Gasteiger partial charge in [-0.2, -0.15) is 0 Å². The van der Waals surface area contributed by atoms with Gasteiger partial charge in [-0.05, 0) is 24.6 Å². The zero-order chi connectivity index (χ0) is 12.8. The predicted molar refractivity (Wildman–Crippen MR) is 70.0 cm³/mol. The van der Waals surface area contributed by atoms with Gasteiger partial charge >= 0.3 is 0 Å². The molecule has 0 aliphatic carbocycles. The van der Waals surface area contributed by atoms with E-state index < -0.39 is 0 Å². The summed E-state index contributed by atoms with van der Waals surface area (Å²) in [5, 5.41) is 3.46. The van der Waals surface area contributed by atoms with Crippen LogP contribution in [0.25, 0.3) is 0 Å². The molecule has 1 N–H and O–H groups in total. The minimum atomic E-state index is -0.180. The summed E-state index contributed by atoms with van der Waals surface area (Å²) in [6, 6.07) is 7.08. The number of rotatable bonds is 5. The number of hydrogen-bond donors (Lipinski definition) is 1. The highest BCUT2D eigenvalue weighted by Crippen LogP contribution is 2.03. The van der Waals surface area contributed by atoms with Gasteiger partial charge in [0.15, 0.2) is 0 Å². The van der Waals surface area contributed by atoms with Crippen molar-refractivity contribution >= 4 is 0 Å². The van der Waals surface area contributed by atoms with Crippen molar-refractivity contribution in [1.82, 2.24) is 10.2 Å². The average molecular weight is 252 g/mol. The highest BCUT2D eigenvalue weighted by molar-refractivity contribution is 5.15. The maximum atomic E-state index is 12.8. The van der Waals surface area contributed by atoms with Crippen molar-refractivity contribution in [1.29, 1.82) is 0 Å². The highest BCUT2D eigenvalue weighted by atomic mass is 19.1. The molecule has 1 fully saturated rings. The second-order valence-corrected chi connectivity index (χ2v) is 4.82. The fourth-order valence-corrected chi connectivity index (χ4v) is 2.13. The van der Waals surface area contributed by atoms with Gasteiger partial charge in [0.1, 0.15) is 5.82 Å². The van der Waals surface area contributed by atoms with Crippen molar-refractivity contribution in [2.45, 2.75) is 19.5 Å². The quantitative estimate of drug-likeness (QED) is 0.862. The first-order valence-corrected chi connectivity index (χ1v) is 6.52. The maximum absolute atomic E-state index is 12.8. The first-order chi connectivity index (χ1) is 8.74. The molecule has 1 heterocycles. The first-order valence-electron chi connectivity index (χ1n) is 6.52. The van der Waals surface area contributed by atoms with Crippen LogP contribution in [0.3, 0.4) is 0 Å². The number of nitrogens with zero attached hydrogens (tertiary/aromatic N) is 1. The smallest absolute Gasteiger partial charge is 0.123 e. The molecule has 0 radical (unpaired) electrons. The van der Waals surface area contributed by atoms with Gasteiger partial charge in [-0.15, -0.1) is 0 Å². The maximum Gasteiger partial charge on any atom is 0.123 e. The van der Waals surface area contributed by atoms with E-state index in [0.29, 0.717) is 6.04 Å². The van der Waals surface area contributed by atoms with Crippen LogP contribution in [-0.4, -0.2) is 43.8 Å². The summed E-state index contributed by atoms with van der Waals surface area (Å²) in [5.74, 6) is -0.180. The lowest BCUT2D eigenvalue weighted by Gasteiger charge is -2.29. The van der Waals surface area contributed by atoms with Crippen LogP contribution < -0.4 is 5.32 Å². The van der Waals surface area contributed by atoms with Crippen LogP contribution in [0, 0.1) is 5.82 Å². The number of halogens is 1. The first kappa shape index (κ1) is 13.5. The molecule has 0 saturated carbocycles. The Morgan fingerprint density at radius 3 is 2.61 bits per heavy atom. The number of nitrogens with one attached hydrogen (secondary N) is 1. The van der Waals surface area contributed by atoms with Crippen LogP contribution >= 0.6 is 0 Å². The van der Waals surface area contributed by atoms with Crippen LogP contribution in [0.2, 0.25) is 0 Å². The summed E-state index contributed by atoms with van der Waals surface area (Å²) in [5.41, 5.74) is 1.12. The summed E-state index contributed by atoms with van der Waals surface area (Å²) in [4.78, 5) is 2.41. The van der Waals surface area contributed by atoms with Gasteiger partial charge in [-0.25, -0.2) is 4.39 Å². The van der Waals surface area contributed by atoms with E-state index in [0.717, 1.165) is 45.0 Å². The van der Waals surface area contributed by atoms with Crippen LogP contribution in [-0.2, 0) is 11.3 Å². The Bertz CT molecular complexity index is 349. The Morgan fingerprint density at radius 2 is 1.94 bits per heavy atom. The van der Waals surface area contributed by atoms with Gasteiger partial charge < -0.3 is 10.1 Å². The van der Waals surface area contributed by atoms with Gasteiger partial charge in [0.05, 0.1) is 13.2 Å². The Kier molecular flexibility index (Phi) is 5.11. The number of hydrogen-bond acceptors (Lipinski definition) is 3. The Hall–Kier alpha value is -0.970. The van der Waals surface area contributed by atoms with E-state index in [-0.39, 0.29) is 5.82 Å². The van der Waals surface area contributed by atoms with Crippen molar-refractivity contribution in [2.75, 3.05) is 32.8 Å². The lowest BCUT2D eigenvalue weighted by atomic mass is 10.2. The molecule has 1 aromatic rings. The molecule has 0 aromatic heterocycles. The normalized spacial score (nSPS) is 18.8. The second kappa shape index (κ2) is 6.83. The van der Waals surface area contributed by atoms with E-state index in [2.05, 4.69) is 17.1 Å². The third kappa shape index (κ3) is 4.37. The third-order valence-corrected chi connectivity index (χ3v) is 3.20. The molecule has 18 heavy (non-hydrogen) atoms. The van der Waals surface area contributed by atoms with Crippen LogP contribution in [0.4, 0.5) is 4.39 Å². The molecule has 0 bridgehead atoms. The zero-order valence-corrected chi connectivity index (χ0v) is 10.9. The molecule has 2 rings (SSSR count). The zero-order valence-electron chi connectivity index (χ0n) is 10.9. The summed E-state index contributed by atoms with van der Waals surface area (Å²) in [7, 11) is 0. The standard InChI is InChI=1S/C14H21FN2O/c1-12(11-17-6-8-18-9-7-17)16-10-13-2-4-14(15)5-3-13/h2-5,12,16H,6-11H2,1H3/t12-/m1/s1. The SMILES string of the molecule is C[C@H](CN1CCOCC1)NCc1ccc(F)cc1. The lowest BCUT2D eigenvalue weighted by Crippen LogP contribution is -2.44. The minimum absolute atomic E-state index is 0.180. The fourth-order valence-electron chi connectivity index (χ4n) is 2.13. The Balaban J connectivity index is 1.70. The van der Waals surface area contributed by atoms with Crippen LogP contribution in [0.15, 0.2) is 24.3 Å². The average Bonchev–Trinajstić information content (AvgIpc) is 2.39. The van der Waals surface area contributed by atoms with Crippen LogP contribution in [0.1, 0.15) is 12.5 Å². The molecular weight excluding hydrogens is 231 g/mol. The van der Waals surface area contributed by atoms with E-state index in [4.69, 9.17) is 4.74 Å². The van der Waals surface area contributed by atoms with Gasteiger partial charge in [-0.3, -0.25) is 4.90 Å². The number of morpholine rings is 1. The molecule has 0 unspecified atom stereocenters. The van der Waals surface area contributed by atoms with E-state index in [1.54, 1.807) is 0 Å². The summed E-state index contributed by atoms with van der Waals surface area (Å²) < 4.78 is 18.1. The molecule has 1 atom stereocenters. The van der Waals surface area contributed by atoms with Gasteiger partial charge in [0, 0.05) is 32.2 Å². The molecule has 0 spiro atoms. The molecule has 4 heteroatoms. The van der Waals surface area contributed by atoms with Gasteiger partial charge in [0.2, 0.25) is 0 Å². The Morgan fingerprint density at radius 1 is 1.28 bits per heavy atom. The summed E-state index contributed by atoms with van der Waals surface area (Å²) in [6.45, 7) is 7.70. The molecule has 1 aliphatic rings. The number of ether oxygens (including phenoxy) is 1. The summed E-state index contributed by atoms with van der Waals surface area (Å²) in [6.07, 6.45) is 0. The van der Waals surface area contributed by atoms with Crippen molar-refractivity contribution in [3.05, 3.63) is 35.6 Å². The van der Waals surface area contributed by atoms with E-state index in [1.807, 2.05) is 12.1 Å². The molecule has 0 amide bonds. The molecule has 3 nitrogen and oxygen atoms in total. The van der Waals surface area contributed by atoms with Crippen molar-refractivity contribution < 1.29 is 9.13 Å². The fraction of sp³-hybridized carbons (Fsp3) is 0.571. The Labute approximate surface area is 108 Å². The van der Waals surface area contributed by atoms with Crippen molar-refractivity contribution in [3.8, 4) is 0 Å². The van der Waals surface area contributed by atoms with Gasteiger partial charge in [0.25, 0.3) is 0 Å². The predicted octanol–water partition coefficient (Wildman–Crippen LogP) is 1.64. The lowest BCUT2D eigenvalue weighted by molar-refractivity contribution is 0.0343. The molecule has 1 saturated heterocycles. The van der Waals surface area contributed by atoms with E-state index in [1.165, 1.54) is 12.1 Å². The summed E-state index contributed by atoms with van der Waals surface area (Å²) >= 11 is 0. The number of benzene rings is 1.